The zero-order valence-electron chi connectivity index (χ0n) is 12.6. The van der Waals surface area contributed by atoms with Gasteiger partial charge in [-0.3, -0.25) is 9.69 Å². The van der Waals surface area contributed by atoms with Gasteiger partial charge in [0.25, 0.3) is 0 Å². The second kappa shape index (κ2) is 5.99. The van der Waals surface area contributed by atoms with E-state index in [4.69, 9.17) is 5.11 Å². The van der Waals surface area contributed by atoms with Gasteiger partial charge in [0.1, 0.15) is 0 Å². The summed E-state index contributed by atoms with van der Waals surface area (Å²) >= 11 is 0. The minimum absolute atomic E-state index is 0.0744. The van der Waals surface area contributed by atoms with Gasteiger partial charge in [-0.1, -0.05) is 13.8 Å². The number of hydrogen-bond acceptors (Lipinski definition) is 3. The number of likely N-dealkylation sites (N-methyl/N-ethyl adjacent to an activating group) is 1. The summed E-state index contributed by atoms with van der Waals surface area (Å²) in [5.74, 6) is -1.03. The lowest BCUT2D eigenvalue weighted by atomic mass is 9.87. The molecule has 0 bridgehead atoms. The maximum atomic E-state index is 12.4. The zero-order chi connectivity index (χ0) is 14.9. The number of rotatable bonds is 3. The Morgan fingerprint density at radius 1 is 1.20 bits per heavy atom. The van der Waals surface area contributed by atoms with Crippen molar-refractivity contribution in [1.29, 1.82) is 0 Å². The van der Waals surface area contributed by atoms with Gasteiger partial charge in [-0.15, -0.1) is 0 Å². The van der Waals surface area contributed by atoms with Crippen LogP contribution < -0.4 is 0 Å². The zero-order valence-corrected chi connectivity index (χ0v) is 12.6. The first-order valence-electron chi connectivity index (χ1n) is 7.41. The number of carbonyl (C=O) groups is 2. The summed E-state index contributed by atoms with van der Waals surface area (Å²) < 4.78 is 0. The molecular formula is C14H25N3O3. The monoisotopic (exact) mass is 283 g/mol. The van der Waals surface area contributed by atoms with Crippen molar-refractivity contribution in [3.8, 4) is 0 Å². The second-order valence-corrected chi connectivity index (χ2v) is 6.06. The van der Waals surface area contributed by atoms with Crippen LogP contribution in [0.15, 0.2) is 0 Å². The molecule has 2 amide bonds. The number of piperazine rings is 1. The molecule has 20 heavy (non-hydrogen) atoms. The molecule has 2 unspecified atom stereocenters. The van der Waals surface area contributed by atoms with Gasteiger partial charge in [0, 0.05) is 44.7 Å². The molecule has 114 valence electrons. The van der Waals surface area contributed by atoms with Crippen molar-refractivity contribution in [1.82, 2.24) is 14.7 Å². The highest BCUT2D eigenvalue weighted by atomic mass is 16.4. The Balaban J connectivity index is 1.83. The molecule has 0 aromatic rings. The molecular weight excluding hydrogens is 258 g/mol. The summed E-state index contributed by atoms with van der Waals surface area (Å²) in [7, 11) is 2.10. The van der Waals surface area contributed by atoms with E-state index in [1.807, 2.05) is 4.90 Å². The van der Waals surface area contributed by atoms with Crippen LogP contribution in [0, 0.1) is 11.8 Å². The highest BCUT2D eigenvalue weighted by Crippen LogP contribution is 2.25. The molecule has 2 aliphatic heterocycles. The fourth-order valence-electron chi connectivity index (χ4n) is 2.95. The van der Waals surface area contributed by atoms with Crippen molar-refractivity contribution in [3.63, 3.8) is 0 Å². The largest absolute Gasteiger partial charge is 0.481 e. The van der Waals surface area contributed by atoms with Crippen LogP contribution in [0.25, 0.3) is 0 Å². The SMILES string of the molecule is CCC1CN(C(=O)N2CC(C(C)C(=O)O)C2)CCN1C. The number of carbonyl (C=O) groups excluding carboxylic acids is 1. The molecule has 2 atom stereocenters. The smallest absolute Gasteiger partial charge is 0.320 e. The van der Waals surface area contributed by atoms with Crippen molar-refractivity contribution < 1.29 is 14.7 Å². The fraction of sp³-hybridized carbons (Fsp3) is 0.857. The van der Waals surface area contributed by atoms with Crippen molar-refractivity contribution in [3.05, 3.63) is 0 Å². The minimum Gasteiger partial charge on any atom is -0.481 e. The third kappa shape index (κ3) is 2.90. The van der Waals surface area contributed by atoms with Crippen molar-refractivity contribution in [2.75, 3.05) is 39.8 Å². The number of urea groups is 1. The van der Waals surface area contributed by atoms with Crippen LogP contribution in [-0.2, 0) is 4.79 Å². The van der Waals surface area contributed by atoms with Gasteiger partial charge in [-0.25, -0.2) is 4.79 Å². The summed E-state index contributed by atoms with van der Waals surface area (Å²) in [6.07, 6.45) is 1.04. The van der Waals surface area contributed by atoms with Crippen molar-refractivity contribution >= 4 is 12.0 Å². The lowest BCUT2D eigenvalue weighted by molar-refractivity contribution is -0.145. The lowest BCUT2D eigenvalue weighted by Crippen LogP contribution is -2.61. The van der Waals surface area contributed by atoms with Crippen molar-refractivity contribution in [2.45, 2.75) is 26.3 Å². The molecule has 2 fully saturated rings. The van der Waals surface area contributed by atoms with E-state index in [9.17, 15) is 9.59 Å². The first-order chi connectivity index (χ1) is 9.43. The van der Waals surface area contributed by atoms with E-state index in [1.54, 1.807) is 11.8 Å². The summed E-state index contributed by atoms with van der Waals surface area (Å²) in [6, 6.07) is 0.508. The van der Waals surface area contributed by atoms with E-state index in [1.165, 1.54) is 0 Å². The first-order valence-corrected chi connectivity index (χ1v) is 7.41. The van der Waals surface area contributed by atoms with Gasteiger partial charge in [0.15, 0.2) is 0 Å². The molecule has 0 aromatic heterocycles. The van der Waals surface area contributed by atoms with Crippen LogP contribution in [0.5, 0.6) is 0 Å². The van der Waals surface area contributed by atoms with Crippen LogP contribution >= 0.6 is 0 Å². The summed E-state index contributed by atoms with van der Waals surface area (Å²) in [6.45, 7) is 7.47. The summed E-state index contributed by atoms with van der Waals surface area (Å²) in [5.41, 5.74) is 0. The average Bonchev–Trinajstić information content (AvgIpc) is 2.37. The topological polar surface area (TPSA) is 64.1 Å². The lowest BCUT2D eigenvalue weighted by Gasteiger charge is -2.46. The molecule has 6 heteroatoms. The Morgan fingerprint density at radius 3 is 2.40 bits per heavy atom. The second-order valence-electron chi connectivity index (χ2n) is 6.06. The third-order valence-electron chi connectivity index (χ3n) is 4.80. The molecule has 0 saturated carbocycles. The predicted octanol–water partition coefficient (Wildman–Crippen LogP) is 0.785. The van der Waals surface area contributed by atoms with E-state index < -0.39 is 5.97 Å². The van der Waals surface area contributed by atoms with Gasteiger partial charge in [0.05, 0.1) is 5.92 Å². The van der Waals surface area contributed by atoms with Gasteiger partial charge in [-0.2, -0.15) is 0 Å². The Labute approximate surface area is 120 Å². The van der Waals surface area contributed by atoms with Crippen LogP contribution in [0.3, 0.4) is 0 Å². The number of nitrogens with zero attached hydrogens (tertiary/aromatic N) is 3. The number of aliphatic carboxylic acids is 1. The third-order valence-corrected chi connectivity index (χ3v) is 4.80. The summed E-state index contributed by atoms with van der Waals surface area (Å²) in [4.78, 5) is 29.3. The molecule has 6 nitrogen and oxygen atoms in total. The molecule has 2 aliphatic rings. The number of carboxylic acid groups (broad SMARTS) is 1. The predicted molar refractivity (Wildman–Crippen MR) is 75.5 cm³/mol. The highest BCUT2D eigenvalue weighted by molar-refractivity contribution is 5.76. The van der Waals surface area contributed by atoms with Gasteiger partial charge in [-0.05, 0) is 13.5 Å². The molecule has 2 saturated heterocycles. The maximum Gasteiger partial charge on any atom is 0.320 e. The Kier molecular flexibility index (Phi) is 4.52. The maximum absolute atomic E-state index is 12.4. The van der Waals surface area contributed by atoms with E-state index >= 15 is 0 Å². The molecule has 0 aromatic carbocycles. The Hall–Kier alpha value is -1.30. The van der Waals surface area contributed by atoms with Gasteiger partial charge in [0.2, 0.25) is 0 Å². The van der Waals surface area contributed by atoms with E-state index in [0.717, 1.165) is 26.1 Å². The molecule has 0 radical (unpaired) electrons. The number of carboxylic acids is 1. The fourth-order valence-corrected chi connectivity index (χ4v) is 2.95. The molecule has 0 aliphatic carbocycles. The standard InChI is InChI=1S/C14H25N3O3/c1-4-12-9-16(6-5-15(12)3)14(20)17-7-11(8-17)10(2)13(18)19/h10-12H,4-9H2,1-3H3,(H,18,19). The number of hydrogen-bond donors (Lipinski definition) is 1. The number of amides is 2. The quantitative estimate of drug-likeness (QED) is 0.831. The van der Waals surface area contributed by atoms with Crippen LogP contribution in [0.1, 0.15) is 20.3 Å². The molecule has 2 rings (SSSR count). The van der Waals surface area contributed by atoms with Gasteiger partial charge >= 0.3 is 12.0 Å². The van der Waals surface area contributed by atoms with E-state index in [-0.39, 0.29) is 17.9 Å². The number of likely N-dealkylation sites (tertiary alicyclic amines) is 1. The van der Waals surface area contributed by atoms with Crippen LogP contribution in [0.2, 0.25) is 0 Å². The van der Waals surface area contributed by atoms with E-state index in [0.29, 0.717) is 19.1 Å². The highest BCUT2D eigenvalue weighted by Gasteiger charge is 2.39. The average molecular weight is 283 g/mol. The molecule has 2 heterocycles. The van der Waals surface area contributed by atoms with Gasteiger partial charge < -0.3 is 14.9 Å². The first kappa shape index (κ1) is 15.1. The molecule has 1 N–H and O–H groups in total. The normalized spacial score (nSPS) is 26.2. The van der Waals surface area contributed by atoms with Crippen molar-refractivity contribution in [2.24, 2.45) is 11.8 Å². The van der Waals surface area contributed by atoms with E-state index in [2.05, 4.69) is 18.9 Å². The Bertz CT molecular complexity index is 382. The Morgan fingerprint density at radius 2 is 1.85 bits per heavy atom. The molecule has 0 spiro atoms. The van der Waals surface area contributed by atoms with Crippen LogP contribution in [0.4, 0.5) is 4.79 Å². The van der Waals surface area contributed by atoms with Crippen LogP contribution in [-0.4, -0.2) is 77.6 Å². The minimum atomic E-state index is -0.771. The summed E-state index contributed by atoms with van der Waals surface area (Å²) in [5, 5.41) is 8.97.